The summed E-state index contributed by atoms with van der Waals surface area (Å²) >= 11 is 0. The van der Waals surface area contributed by atoms with Crippen LogP contribution >= 0.6 is 0 Å². The van der Waals surface area contributed by atoms with Crippen molar-refractivity contribution in [2.75, 3.05) is 19.7 Å². The summed E-state index contributed by atoms with van der Waals surface area (Å²) in [6.07, 6.45) is 9.54. The van der Waals surface area contributed by atoms with Crippen LogP contribution in [0.1, 0.15) is 51.4 Å². The quantitative estimate of drug-likeness (QED) is 0.201. The monoisotopic (exact) mass is 323 g/mol. The van der Waals surface area contributed by atoms with Gasteiger partial charge in [0, 0.05) is 25.6 Å². The third-order valence-corrected chi connectivity index (χ3v) is 3.74. The van der Waals surface area contributed by atoms with Crippen molar-refractivity contribution in [3.05, 3.63) is 12.2 Å². The van der Waals surface area contributed by atoms with Gasteiger partial charge < -0.3 is 9.64 Å². The van der Waals surface area contributed by atoms with Crippen LogP contribution in [0.4, 0.5) is 0 Å². The molecule has 0 aromatic heterocycles. The fraction of sp³-hybridized carbons (Fsp3) is 0.647. The summed E-state index contributed by atoms with van der Waals surface area (Å²) in [6.45, 7) is 1.98. The Morgan fingerprint density at radius 1 is 1.04 bits per heavy atom. The molecule has 1 rings (SSSR count). The molecule has 128 valence electrons. The highest BCUT2D eigenvalue weighted by Crippen LogP contribution is 2.12. The summed E-state index contributed by atoms with van der Waals surface area (Å²) in [5, 5.41) is 0. The van der Waals surface area contributed by atoms with Crippen molar-refractivity contribution in [1.29, 1.82) is 0 Å². The maximum Gasteiger partial charge on any atom is 0.330 e. The number of hydrogen-bond donors (Lipinski definition) is 0. The van der Waals surface area contributed by atoms with Crippen LogP contribution in [0.25, 0.3) is 0 Å². The molecular weight excluding hydrogens is 298 g/mol. The van der Waals surface area contributed by atoms with Crippen LogP contribution in [0.3, 0.4) is 0 Å². The van der Waals surface area contributed by atoms with E-state index in [1.54, 1.807) is 0 Å². The van der Waals surface area contributed by atoms with Crippen molar-refractivity contribution in [3.63, 3.8) is 0 Å². The zero-order valence-corrected chi connectivity index (χ0v) is 13.5. The van der Waals surface area contributed by atoms with E-state index in [0.717, 1.165) is 70.2 Å². The molecule has 0 aromatic carbocycles. The summed E-state index contributed by atoms with van der Waals surface area (Å²) in [6, 6.07) is 0. The topological polar surface area (TPSA) is 80.8 Å². The maximum atomic E-state index is 11.8. The van der Waals surface area contributed by atoms with Gasteiger partial charge in [-0.3, -0.25) is 14.4 Å². The van der Waals surface area contributed by atoms with E-state index >= 15 is 0 Å². The van der Waals surface area contributed by atoms with Gasteiger partial charge in [0.25, 0.3) is 0 Å². The summed E-state index contributed by atoms with van der Waals surface area (Å²) in [5.74, 6) is -1.10. The zero-order valence-electron chi connectivity index (χ0n) is 13.5. The molecule has 0 unspecified atom stereocenters. The van der Waals surface area contributed by atoms with Gasteiger partial charge in [-0.05, 0) is 38.2 Å². The van der Waals surface area contributed by atoms with Crippen LogP contribution in [0.15, 0.2) is 12.2 Å². The highest BCUT2D eigenvalue weighted by atomic mass is 16.5. The number of amides is 1. The number of nitrogens with zero attached hydrogens (tertiary/aromatic N) is 1. The maximum absolute atomic E-state index is 11.8. The van der Waals surface area contributed by atoms with Crippen LogP contribution in [0, 0.1) is 0 Å². The van der Waals surface area contributed by atoms with Crippen molar-refractivity contribution in [3.8, 4) is 0 Å². The molecule has 1 fully saturated rings. The van der Waals surface area contributed by atoms with Crippen molar-refractivity contribution in [2.24, 2.45) is 0 Å². The molecule has 1 aliphatic heterocycles. The number of likely N-dealkylation sites (tertiary alicyclic amines) is 1. The summed E-state index contributed by atoms with van der Waals surface area (Å²) in [5.41, 5.74) is 0. The number of rotatable bonds is 10. The average molecular weight is 323 g/mol. The van der Waals surface area contributed by atoms with Crippen LogP contribution in [-0.4, -0.2) is 48.5 Å². The van der Waals surface area contributed by atoms with Gasteiger partial charge in [-0.15, -0.1) is 0 Å². The Hall–Kier alpha value is -1.98. The first-order chi connectivity index (χ1) is 11.1. The third-order valence-electron chi connectivity index (χ3n) is 3.74. The van der Waals surface area contributed by atoms with Gasteiger partial charge in [-0.25, -0.2) is 4.79 Å². The molecule has 6 nitrogen and oxygen atoms in total. The van der Waals surface area contributed by atoms with E-state index in [4.69, 9.17) is 4.74 Å². The molecular formula is C17H25NO5. The summed E-state index contributed by atoms with van der Waals surface area (Å²) < 4.78 is 4.91. The molecule has 1 aliphatic rings. The van der Waals surface area contributed by atoms with Gasteiger partial charge in [-0.2, -0.15) is 0 Å². The fourth-order valence-electron chi connectivity index (χ4n) is 2.44. The summed E-state index contributed by atoms with van der Waals surface area (Å²) in [4.78, 5) is 45.7. The largest absolute Gasteiger partial charge is 0.463 e. The Morgan fingerprint density at radius 2 is 1.83 bits per heavy atom. The van der Waals surface area contributed by atoms with Crippen molar-refractivity contribution < 1.29 is 23.9 Å². The standard InChI is InChI=1S/C17H25NO5/c19-14-15(20)9-10-17(22)23-13-7-2-1-5-11-18-12-6-3-4-8-16(18)21/h9-10,14H,1-8,11-13H2/b10-9-. The van der Waals surface area contributed by atoms with Crippen molar-refractivity contribution in [1.82, 2.24) is 4.90 Å². The first-order valence-electron chi connectivity index (χ1n) is 8.25. The highest BCUT2D eigenvalue weighted by molar-refractivity contribution is 6.31. The van der Waals surface area contributed by atoms with Crippen molar-refractivity contribution >= 4 is 23.9 Å². The predicted molar refractivity (Wildman–Crippen MR) is 84.7 cm³/mol. The van der Waals surface area contributed by atoms with Gasteiger partial charge in [-0.1, -0.05) is 12.8 Å². The molecule has 0 atom stereocenters. The molecule has 0 saturated carbocycles. The van der Waals surface area contributed by atoms with Gasteiger partial charge >= 0.3 is 5.97 Å². The molecule has 0 N–H and O–H groups in total. The Bertz CT molecular complexity index is 444. The second-order valence-corrected chi connectivity index (χ2v) is 5.63. The Kier molecular flexibility index (Phi) is 9.59. The number of ketones is 1. The molecule has 23 heavy (non-hydrogen) atoms. The second-order valence-electron chi connectivity index (χ2n) is 5.63. The van der Waals surface area contributed by atoms with E-state index in [0.29, 0.717) is 13.0 Å². The number of aldehydes is 1. The minimum Gasteiger partial charge on any atom is -0.463 e. The van der Waals surface area contributed by atoms with Crippen LogP contribution in [0.2, 0.25) is 0 Å². The molecule has 1 saturated heterocycles. The van der Waals surface area contributed by atoms with E-state index < -0.39 is 11.8 Å². The second kappa shape index (κ2) is 11.6. The third kappa shape index (κ3) is 8.90. The molecule has 1 amide bonds. The molecule has 0 radical (unpaired) electrons. The molecule has 0 aromatic rings. The molecule has 0 bridgehead atoms. The SMILES string of the molecule is O=CC(=O)/C=C\C(=O)OCCCCCCN1CCCCCC1=O. The van der Waals surface area contributed by atoms with E-state index in [-0.39, 0.29) is 12.2 Å². The Labute approximate surface area is 136 Å². The van der Waals surface area contributed by atoms with Gasteiger partial charge in [0.05, 0.1) is 6.61 Å². The van der Waals surface area contributed by atoms with Gasteiger partial charge in [0.2, 0.25) is 11.7 Å². The average Bonchev–Trinajstić information content (AvgIpc) is 2.76. The number of ether oxygens (including phenoxy) is 1. The molecule has 0 aliphatic carbocycles. The van der Waals surface area contributed by atoms with E-state index in [1.807, 2.05) is 4.90 Å². The van der Waals surface area contributed by atoms with E-state index in [9.17, 15) is 19.2 Å². The Morgan fingerprint density at radius 3 is 2.61 bits per heavy atom. The lowest BCUT2D eigenvalue weighted by molar-refractivity contribution is -0.138. The lowest BCUT2D eigenvalue weighted by Crippen LogP contribution is -2.31. The number of allylic oxidation sites excluding steroid dienone is 1. The van der Waals surface area contributed by atoms with Crippen LogP contribution in [-0.2, 0) is 23.9 Å². The first kappa shape index (κ1) is 19.1. The predicted octanol–water partition coefficient (Wildman–Crippen LogP) is 1.82. The smallest absolute Gasteiger partial charge is 0.330 e. The van der Waals surface area contributed by atoms with Crippen molar-refractivity contribution in [2.45, 2.75) is 51.4 Å². The minimum atomic E-state index is -0.759. The number of carbonyl (C=O) groups is 4. The molecule has 1 heterocycles. The van der Waals surface area contributed by atoms with Crippen LogP contribution in [0.5, 0.6) is 0 Å². The van der Waals surface area contributed by atoms with E-state index in [2.05, 4.69) is 0 Å². The summed E-state index contributed by atoms with van der Waals surface area (Å²) in [7, 11) is 0. The normalized spacial score (nSPS) is 15.5. The number of unbranched alkanes of at least 4 members (excludes halogenated alkanes) is 3. The Balaban J connectivity index is 2.01. The van der Waals surface area contributed by atoms with Gasteiger partial charge in [0.1, 0.15) is 0 Å². The molecule has 6 heteroatoms. The zero-order chi connectivity index (χ0) is 16.9. The van der Waals surface area contributed by atoms with E-state index in [1.165, 1.54) is 0 Å². The fourth-order valence-corrected chi connectivity index (χ4v) is 2.44. The van der Waals surface area contributed by atoms with Gasteiger partial charge in [0.15, 0.2) is 6.29 Å². The lowest BCUT2D eigenvalue weighted by Gasteiger charge is -2.20. The number of esters is 1. The minimum absolute atomic E-state index is 0.138. The van der Waals surface area contributed by atoms with Crippen LogP contribution < -0.4 is 0 Å². The number of hydrogen-bond acceptors (Lipinski definition) is 5. The number of carbonyl (C=O) groups excluding carboxylic acids is 4. The first-order valence-corrected chi connectivity index (χ1v) is 8.25. The lowest BCUT2D eigenvalue weighted by atomic mass is 10.2. The molecule has 0 spiro atoms. The highest BCUT2D eigenvalue weighted by Gasteiger charge is 2.15.